The van der Waals surface area contributed by atoms with Crippen molar-refractivity contribution < 1.29 is 0 Å². The van der Waals surface area contributed by atoms with E-state index < -0.39 is 0 Å². The fourth-order valence-corrected chi connectivity index (χ4v) is 3.91. The molecule has 0 aliphatic carbocycles. The molecule has 1 aromatic carbocycles. The first kappa shape index (κ1) is 20.8. The van der Waals surface area contributed by atoms with Crippen LogP contribution in [0.2, 0.25) is 0 Å². The Morgan fingerprint density at radius 2 is 1.82 bits per heavy atom. The van der Waals surface area contributed by atoms with Gasteiger partial charge in [0.15, 0.2) is 5.96 Å². The highest BCUT2D eigenvalue weighted by Crippen LogP contribution is 2.07. The molecule has 1 atom stereocenters. The van der Waals surface area contributed by atoms with Crippen molar-refractivity contribution in [2.45, 2.75) is 6.04 Å². The summed E-state index contributed by atoms with van der Waals surface area (Å²) < 4.78 is 0. The van der Waals surface area contributed by atoms with Crippen molar-refractivity contribution >= 4 is 12.0 Å². The Labute approximate surface area is 170 Å². The van der Waals surface area contributed by atoms with Gasteiger partial charge in [-0.25, -0.2) is 0 Å². The molecule has 6 nitrogen and oxygen atoms in total. The Hall–Kier alpha value is -1.89. The van der Waals surface area contributed by atoms with Gasteiger partial charge in [0.2, 0.25) is 0 Å². The molecule has 0 aromatic heterocycles. The highest BCUT2D eigenvalue weighted by Gasteiger charge is 2.24. The second-order valence-corrected chi connectivity index (χ2v) is 7.93. The summed E-state index contributed by atoms with van der Waals surface area (Å²) >= 11 is 0. The third-order valence-corrected chi connectivity index (χ3v) is 5.83. The van der Waals surface area contributed by atoms with E-state index in [0.717, 1.165) is 64.9 Å². The van der Waals surface area contributed by atoms with Crippen molar-refractivity contribution in [1.82, 2.24) is 24.9 Å². The van der Waals surface area contributed by atoms with Gasteiger partial charge in [-0.05, 0) is 19.7 Å². The Bertz CT molecular complexity index is 636. The molecule has 1 unspecified atom stereocenters. The molecule has 1 aromatic rings. The van der Waals surface area contributed by atoms with Crippen molar-refractivity contribution in [3.8, 4) is 0 Å². The van der Waals surface area contributed by atoms with Gasteiger partial charge in [-0.15, -0.1) is 0 Å². The molecule has 2 fully saturated rings. The van der Waals surface area contributed by atoms with Gasteiger partial charge in [0, 0.05) is 72.0 Å². The third kappa shape index (κ3) is 6.06. The molecule has 6 heteroatoms. The second-order valence-electron chi connectivity index (χ2n) is 7.93. The highest BCUT2D eigenvalue weighted by atomic mass is 15.4. The number of hydrogen-bond donors (Lipinski definition) is 1. The summed E-state index contributed by atoms with van der Waals surface area (Å²) in [4.78, 5) is 14.3. The van der Waals surface area contributed by atoms with Crippen LogP contribution < -0.4 is 5.32 Å². The monoisotopic (exact) mass is 384 g/mol. The number of rotatable bonds is 5. The minimum atomic E-state index is 0.542. The number of aliphatic imine (C=N–C) groups is 1. The number of hydrogen-bond acceptors (Lipinski definition) is 4. The number of piperazine rings is 2. The van der Waals surface area contributed by atoms with E-state index in [4.69, 9.17) is 0 Å². The molecule has 0 saturated carbocycles. The largest absolute Gasteiger partial charge is 0.355 e. The Morgan fingerprint density at radius 3 is 2.54 bits per heavy atom. The van der Waals surface area contributed by atoms with Gasteiger partial charge in [-0.2, -0.15) is 0 Å². The van der Waals surface area contributed by atoms with Gasteiger partial charge in [0.25, 0.3) is 0 Å². The summed E-state index contributed by atoms with van der Waals surface area (Å²) in [6.07, 6.45) is 4.48. The maximum Gasteiger partial charge on any atom is 0.193 e. The summed E-state index contributed by atoms with van der Waals surface area (Å²) in [6.45, 7) is 9.57. The number of likely N-dealkylation sites (N-methyl/N-ethyl adjacent to an activating group) is 2. The topological polar surface area (TPSA) is 37.4 Å². The zero-order valence-corrected chi connectivity index (χ0v) is 17.7. The van der Waals surface area contributed by atoms with Crippen molar-refractivity contribution in [3.05, 3.63) is 42.0 Å². The second kappa shape index (κ2) is 10.6. The number of nitrogens with zero attached hydrogens (tertiary/aromatic N) is 5. The lowest BCUT2D eigenvalue weighted by Gasteiger charge is -2.39. The lowest BCUT2D eigenvalue weighted by atomic mass is 10.2. The van der Waals surface area contributed by atoms with E-state index in [2.05, 4.69) is 86.5 Å². The van der Waals surface area contributed by atoms with E-state index in [-0.39, 0.29) is 0 Å². The number of nitrogens with one attached hydrogen (secondary N) is 1. The van der Waals surface area contributed by atoms with Crippen molar-refractivity contribution in [2.24, 2.45) is 4.99 Å². The standard InChI is InChI=1S/C22H36N6/c1-23-22(24-18-21-19-25(2)12-13-26(21)3)28-16-14-27(15-17-28)11-7-10-20-8-5-4-6-9-20/h4-10,21H,11-19H2,1-3H3,(H,23,24)/b10-7+. The normalized spacial score (nSPS) is 23.5. The lowest BCUT2D eigenvalue weighted by Crippen LogP contribution is -2.57. The maximum absolute atomic E-state index is 4.53. The molecule has 2 aliphatic rings. The minimum Gasteiger partial charge on any atom is -0.355 e. The zero-order chi connectivity index (χ0) is 19.8. The van der Waals surface area contributed by atoms with Crippen molar-refractivity contribution in [3.63, 3.8) is 0 Å². The minimum absolute atomic E-state index is 0.542. The van der Waals surface area contributed by atoms with E-state index in [0.29, 0.717) is 6.04 Å². The van der Waals surface area contributed by atoms with Crippen LogP contribution in [0.25, 0.3) is 6.08 Å². The van der Waals surface area contributed by atoms with Gasteiger partial charge < -0.3 is 15.1 Å². The molecule has 3 rings (SSSR count). The SMILES string of the molecule is CN=C(NCC1CN(C)CCN1C)N1CCN(C/C=C/c2ccccc2)CC1. The van der Waals surface area contributed by atoms with E-state index in [1.165, 1.54) is 5.56 Å². The van der Waals surface area contributed by atoms with Gasteiger partial charge in [0.1, 0.15) is 0 Å². The summed E-state index contributed by atoms with van der Waals surface area (Å²) in [5.74, 6) is 1.04. The zero-order valence-electron chi connectivity index (χ0n) is 17.7. The highest BCUT2D eigenvalue weighted by molar-refractivity contribution is 5.80. The first-order chi connectivity index (χ1) is 13.7. The van der Waals surface area contributed by atoms with Crippen LogP contribution in [0, 0.1) is 0 Å². The fourth-order valence-electron chi connectivity index (χ4n) is 3.91. The Morgan fingerprint density at radius 1 is 1.07 bits per heavy atom. The van der Waals surface area contributed by atoms with Crippen molar-refractivity contribution in [1.29, 1.82) is 0 Å². The average molecular weight is 385 g/mol. The molecule has 154 valence electrons. The van der Waals surface area contributed by atoms with Gasteiger partial charge in [0.05, 0.1) is 0 Å². The molecule has 0 amide bonds. The van der Waals surface area contributed by atoms with Gasteiger partial charge >= 0.3 is 0 Å². The first-order valence-corrected chi connectivity index (χ1v) is 10.4. The van der Waals surface area contributed by atoms with Crippen LogP contribution in [0.3, 0.4) is 0 Å². The van der Waals surface area contributed by atoms with E-state index in [1.54, 1.807) is 0 Å². The summed E-state index contributed by atoms with van der Waals surface area (Å²) in [7, 11) is 6.33. The van der Waals surface area contributed by atoms with Gasteiger partial charge in [-0.3, -0.25) is 14.8 Å². The Kier molecular flexibility index (Phi) is 7.89. The lowest BCUT2D eigenvalue weighted by molar-refractivity contribution is 0.115. The quantitative estimate of drug-likeness (QED) is 0.609. The summed E-state index contributed by atoms with van der Waals surface area (Å²) in [5, 5.41) is 3.61. The molecule has 0 radical (unpaired) electrons. The van der Waals surface area contributed by atoms with E-state index >= 15 is 0 Å². The molecule has 2 saturated heterocycles. The first-order valence-electron chi connectivity index (χ1n) is 10.4. The number of benzene rings is 1. The van der Waals surface area contributed by atoms with Crippen LogP contribution in [0.1, 0.15) is 5.56 Å². The molecule has 1 N–H and O–H groups in total. The van der Waals surface area contributed by atoms with Gasteiger partial charge in [-0.1, -0.05) is 42.5 Å². The molecular formula is C22H36N6. The maximum atomic E-state index is 4.53. The molecule has 0 spiro atoms. The molecule has 2 aliphatic heterocycles. The van der Waals surface area contributed by atoms with Crippen LogP contribution in [0.15, 0.2) is 41.4 Å². The van der Waals surface area contributed by atoms with Crippen LogP contribution in [-0.4, -0.2) is 112 Å². The fraction of sp³-hybridized carbons (Fsp3) is 0.591. The average Bonchev–Trinajstić information content (AvgIpc) is 2.73. The van der Waals surface area contributed by atoms with Crippen LogP contribution in [0.5, 0.6) is 0 Å². The van der Waals surface area contributed by atoms with Crippen LogP contribution >= 0.6 is 0 Å². The molecule has 0 bridgehead atoms. The van der Waals surface area contributed by atoms with E-state index in [1.807, 2.05) is 7.05 Å². The Balaban J connectivity index is 1.41. The predicted octanol–water partition coefficient (Wildman–Crippen LogP) is 1.14. The molecule has 2 heterocycles. The smallest absolute Gasteiger partial charge is 0.193 e. The number of guanidine groups is 1. The predicted molar refractivity (Wildman–Crippen MR) is 119 cm³/mol. The van der Waals surface area contributed by atoms with Crippen LogP contribution in [0.4, 0.5) is 0 Å². The van der Waals surface area contributed by atoms with Crippen LogP contribution in [-0.2, 0) is 0 Å². The van der Waals surface area contributed by atoms with E-state index in [9.17, 15) is 0 Å². The van der Waals surface area contributed by atoms with Crippen molar-refractivity contribution in [2.75, 3.05) is 80.0 Å². The molecular weight excluding hydrogens is 348 g/mol. The summed E-state index contributed by atoms with van der Waals surface area (Å²) in [5.41, 5.74) is 1.27. The molecule has 28 heavy (non-hydrogen) atoms. The summed E-state index contributed by atoms with van der Waals surface area (Å²) in [6, 6.07) is 11.1. The third-order valence-electron chi connectivity index (χ3n) is 5.83.